The third kappa shape index (κ3) is 3.11. The van der Waals surface area contributed by atoms with Crippen molar-refractivity contribution in [2.45, 2.75) is 25.7 Å². The quantitative estimate of drug-likeness (QED) is 0.768. The molecule has 0 saturated heterocycles. The summed E-state index contributed by atoms with van der Waals surface area (Å²) in [6.07, 6.45) is 1.52. The average molecular weight is 195 g/mol. The number of rotatable bonds is 5. The van der Waals surface area contributed by atoms with Gasteiger partial charge in [0.15, 0.2) is 0 Å². The van der Waals surface area contributed by atoms with Crippen LogP contribution in [0.2, 0.25) is 0 Å². The summed E-state index contributed by atoms with van der Waals surface area (Å²) in [5.41, 5.74) is 7.85. The number of aryl methyl sites for hydroxylation is 1. The predicted molar refractivity (Wildman–Crippen MR) is 58.2 cm³/mol. The zero-order chi connectivity index (χ0) is 10.4. The van der Waals surface area contributed by atoms with E-state index in [2.05, 4.69) is 19.1 Å². The van der Waals surface area contributed by atoms with E-state index in [1.807, 2.05) is 12.1 Å². The second-order valence-corrected chi connectivity index (χ2v) is 3.66. The molecule has 0 radical (unpaired) electrons. The first-order valence-corrected chi connectivity index (χ1v) is 5.12. The topological polar surface area (TPSA) is 26.0 Å². The van der Waals surface area contributed by atoms with Gasteiger partial charge in [-0.1, -0.05) is 31.2 Å². The number of hydrogen-bond acceptors (Lipinski definition) is 1. The summed E-state index contributed by atoms with van der Waals surface area (Å²) in [7, 11) is 0. The molecule has 2 N–H and O–H groups in total. The minimum Gasteiger partial charge on any atom is -0.330 e. The monoisotopic (exact) mass is 195 g/mol. The summed E-state index contributed by atoms with van der Waals surface area (Å²) < 4.78 is 12.0. The predicted octanol–water partition coefficient (Wildman–Crippen LogP) is 2.65. The highest BCUT2D eigenvalue weighted by Gasteiger charge is 2.03. The van der Waals surface area contributed by atoms with Gasteiger partial charge in [-0.25, -0.2) is 0 Å². The van der Waals surface area contributed by atoms with E-state index in [0.29, 0.717) is 18.9 Å². The second kappa shape index (κ2) is 5.76. The highest BCUT2D eigenvalue weighted by Crippen LogP contribution is 2.18. The molecule has 0 saturated carbocycles. The van der Waals surface area contributed by atoms with Gasteiger partial charge in [-0.3, -0.25) is 4.39 Å². The van der Waals surface area contributed by atoms with Crippen LogP contribution in [0.15, 0.2) is 24.3 Å². The van der Waals surface area contributed by atoms with Gasteiger partial charge < -0.3 is 5.73 Å². The Balaban J connectivity index is 2.62. The van der Waals surface area contributed by atoms with E-state index in [1.54, 1.807) is 0 Å². The van der Waals surface area contributed by atoms with Crippen molar-refractivity contribution in [1.82, 2.24) is 0 Å². The van der Waals surface area contributed by atoms with Crippen LogP contribution in [0.1, 0.15) is 30.4 Å². The Hall–Kier alpha value is -0.890. The van der Waals surface area contributed by atoms with Crippen molar-refractivity contribution < 1.29 is 4.39 Å². The van der Waals surface area contributed by atoms with Gasteiger partial charge in [0.2, 0.25) is 0 Å². The molecule has 0 amide bonds. The van der Waals surface area contributed by atoms with E-state index in [-0.39, 0.29) is 6.67 Å². The number of benzene rings is 1. The Morgan fingerprint density at radius 1 is 1.29 bits per heavy atom. The van der Waals surface area contributed by atoms with E-state index in [1.165, 1.54) is 5.56 Å². The minimum absolute atomic E-state index is 0.280. The molecule has 0 aliphatic heterocycles. The van der Waals surface area contributed by atoms with Gasteiger partial charge in [0.1, 0.15) is 0 Å². The summed E-state index contributed by atoms with van der Waals surface area (Å²) in [5.74, 6) is 0.499. The van der Waals surface area contributed by atoms with Crippen LogP contribution in [0.4, 0.5) is 4.39 Å². The van der Waals surface area contributed by atoms with E-state index < -0.39 is 0 Å². The highest BCUT2D eigenvalue weighted by atomic mass is 19.1. The maximum atomic E-state index is 12.0. The molecule has 1 aromatic carbocycles. The van der Waals surface area contributed by atoms with Crippen LogP contribution in [0.25, 0.3) is 0 Å². The smallest absolute Gasteiger partial charge is 0.0934 e. The van der Waals surface area contributed by atoms with Gasteiger partial charge >= 0.3 is 0 Å². The lowest BCUT2D eigenvalue weighted by atomic mass is 9.96. The minimum atomic E-state index is -0.280. The van der Waals surface area contributed by atoms with Gasteiger partial charge in [-0.2, -0.15) is 0 Å². The van der Waals surface area contributed by atoms with Crippen molar-refractivity contribution in [3.05, 3.63) is 35.4 Å². The molecule has 1 rings (SSSR count). The number of halogens is 1. The Labute approximate surface area is 85.1 Å². The molecule has 1 atom stereocenters. The lowest BCUT2D eigenvalue weighted by Gasteiger charge is -2.10. The Morgan fingerprint density at radius 2 is 1.93 bits per heavy atom. The van der Waals surface area contributed by atoms with Crippen LogP contribution >= 0.6 is 0 Å². The molecule has 0 aromatic heterocycles. The average Bonchev–Trinajstić information content (AvgIpc) is 2.20. The molecule has 1 unspecified atom stereocenters. The molecule has 0 fully saturated rings. The van der Waals surface area contributed by atoms with Gasteiger partial charge in [0, 0.05) is 6.42 Å². The number of alkyl halides is 1. The Morgan fingerprint density at radius 3 is 2.43 bits per heavy atom. The van der Waals surface area contributed by atoms with E-state index in [9.17, 15) is 4.39 Å². The zero-order valence-electron chi connectivity index (χ0n) is 8.67. The molecule has 0 spiro atoms. The second-order valence-electron chi connectivity index (χ2n) is 3.66. The Kier molecular flexibility index (Phi) is 4.60. The van der Waals surface area contributed by atoms with Gasteiger partial charge in [0.25, 0.3) is 0 Å². The SMILES string of the molecule is CC(CCN)c1ccc(CCF)cc1. The Bertz CT molecular complexity index is 256. The highest BCUT2D eigenvalue weighted by molar-refractivity contribution is 5.25. The molecule has 78 valence electrons. The molecule has 0 heterocycles. The van der Waals surface area contributed by atoms with Crippen molar-refractivity contribution >= 4 is 0 Å². The fraction of sp³-hybridized carbons (Fsp3) is 0.500. The van der Waals surface area contributed by atoms with Crippen LogP contribution in [0.5, 0.6) is 0 Å². The first kappa shape index (κ1) is 11.2. The maximum Gasteiger partial charge on any atom is 0.0934 e. The summed E-state index contributed by atoms with van der Waals surface area (Å²) in [6.45, 7) is 2.60. The van der Waals surface area contributed by atoms with Crippen LogP contribution in [-0.2, 0) is 6.42 Å². The molecule has 0 bridgehead atoms. The third-order valence-corrected chi connectivity index (χ3v) is 2.53. The summed E-state index contributed by atoms with van der Waals surface area (Å²) in [4.78, 5) is 0. The van der Waals surface area contributed by atoms with E-state index in [4.69, 9.17) is 5.73 Å². The van der Waals surface area contributed by atoms with Crippen molar-refractivity contribution in [3.8, 4) is 0 Å². The van der Waals surface area contributed by atoms with Crippen LogP contribution < -0.4 is 5.73 Å². The van der Waals surface area contributed by atoms with Crippen molar-refractivity contribution in [3.63, 3.8) is 0 Å². The molecule has 14 heavy (non-hydrogen) atoms. The number of hydrogen-bond donors (Lipinski definition) is 1. The first-order chi connectivity index (χ1) is 6.77. The molecule has 2 heteroatoms. The van der Waals surface area contributed by atoms with Crippen molar-refractivity contribution in [1.29, 1.82) is 0 Å². The van der Waals surface area contributed by atoms with Gasteiger partial charge in [0.05, 0.1) is 6.67 Å². The number of nitrogens with two attached hydrogens (primary N) is 1. The summed E-state index contributed by atoms with van der Waals surface area (Å²) in [5, 5.41) is 0. The lowest BCUT2D eigenvalue weighted by molar-refractivity contribution is 0.495. The van der Waals surface area contributed by atoms with Crippen molar-refractivity contribution in [2.24, 2.45) is 5.73 Å². The molecular weight excluding hydrogens is 177 g/mol. The molecule has 0 aliphatic rings. The molecular formula is C12H18FN. The molecule has 1 nitrogen and oxygen atoms in total. The normalized spacial score (nSPS) is 12.8. The summed E-state index contributed by atoms with van der Waals surface area (Å²) >= 11 is 0. The fourth-order valence-corrected chi connectivity index (χ4v) is 1.54. The fourth-order valence-electron chi connectivity index (χ4n) is 1.54. The molecule has 1 aromatic rings. The summed E-state index contributed by atoms with van der Waals surface area (Å²) in [6, 6.07) is 8.15. The van der Waals surface area contributed by atoms with Crippen LogP contribution in [0.3, 0.4) is 0 Å². The van der Waals surface area contributed by atoms with E-state index in [0.717, 1.165) is 12.0 Å². The van der Waals surface area contributed by atoms with Crippen molar-refractivity contribution in [2.75, 3.05) is 13.2 Å². The third-order valence-electron chi connectivity index (χ3n) is 2.53. The zero-order valence-corrected chi connectivity index (χ0v) is 8.67. The first-order valence-electron chi connectivity index (χ1n) is 5.12. The standard InChI is InChI=1S/C12H18FN/c1-10(7-9-14)12-4-2-11(3-5-12)6-8-13/h2-5,10H,6-9,14H2,1H3. The van der Waals surface area contributed by atoms with E-state index >= 15 is 0 Å². The van der Waals surface area contributed by atoms with Gasteiger partial charge in [-0.15, -0.1) is 0 Å². The van der Waals surface area contributed by atoms with Crippen LogP contribution in [-0.4, -0.2) is 13.2 Å². The molecule has 0 aliphatic carbocycles. The largest absolute Gasteiger partial charge is 0.330 e. The lowest BCUT2D eigenvalue weighted by Crippen LogP contribution is -2.04. The van der Waals surface area contributed by atoms with Gasteiger partial charge in [-0.05, 0) is 30.0 Å². The maximum absolute atomic E-state index is 12.0. The van der Waals surface area contributed by atoms with Crippen LogP contribution in [0, 0.1) is 0 Å².